The number of thiophene rings is 1. The fraction of sp³-hybridized carbons (Fsp3) is 0. The molecule has 0 unspecified atom stereocenters. The molecule has 0 aliphatic rings. The lowest BCUT2D eigenvalue weighted by molar-refractivity contribution is 0.671. The highest BCUT2D eigenvalue weighted by molar-refractivity contribution is 7.25. The summed E-state index contributed by atoms with van der Waals surface area (Å²) in [6.07, 6.45) is 0. The highest BCUT2D eigenvalue weighted by Gasteiger charge is 2.25. The van der Waals surface area contributed by atoms with E-state index in [4.69, 9.17) is 14.4 Å². The summed E-state index contributed by atoms with van der Waals surface area (Å²) < 4.78 is 12.1. The van der Waals surface area contributed by atoms with Crippen molar-refractivity contribution < 1.29 is 4.42 Å². The highest BCUT2D eigenvalue weighted by Crippen LogP contribution is 2.47. The van der Waals surface area contributed by atoms with Crippen molar-refractivity contribution in [2.45, 2.75) is 0 Å². The van der Waals surface area contributed by atoms with Crippen molar-refractivity contribution in [1.82, 2.24) is 14.5 Å². The maximum Gasteiger partial charge on any atom is 0.235 e. The predicted octanol–water partition coefficient (Wildman–Crippen LogP) is 16.3. The summed E-state index contributed by atoms with van der Waals surface area (Å²) >= 11 is 1.84. The lowest BCUT2D eigenvalue weighted by atomic mass is 9.97. The zero-order chi connectivity index (χ0) is 41.2. The van der Waals surface area contributed by atoms with Gasteiger partial charge in [0.05, 0.1) is 16.7 Å². The standard InChI is InChI=1S/C58H33N3OS/c1-2-13-34(14-3-1)36-16-12-17-39(31-36)55-54-40-18-5-4-15-35(40)26-29-47(54)59-58(60-55)61-48-23-10-8-22-44(48)52-42-20-6-7-21-43(42)53-45-28-25-38(33-49(45)62-57(53)56(52)61)37-27-30-51-46(32-37)41-19-9-11-24-50(41)63-51/h1-33H. The minimum absolute atomic E-state index is 0.595. The fourth-order valence-electron chi connectivity index (χ4n) is 10.1. The van der Waals surface area contributed by atoms with Crippen molar-refractivity contribution in [2.75, 3.05) is 0 Å². The Bertz CT molecular complexity index is 4210. The van der Waals surface area contributed by atoms with Crippen LogP contribution in [0.4, 0.5) is 0 Å². The summed E-state index contributed by atoms with van der Waals surface area (Å²) in [6, 6.07) is 71.7. The molecule has 0 aliphatic heterocycles. The van der Waals surface area contributed by atoms with Gasteiger partial charge in [0.25, 0.3) is 0 Å². The molecule has 5 heteroatoms. The third-order valence-electron chi connectivity index (χ3n) is 13.0. The van der Waals surface area contributed by atoms with E-state index in [0.29, 0.717) is 5.95 Å². The summed E-state index contributed by atoms with van der Waals surface area (Å²) in [7, 11) is 0. The van der Waals surface area contributed by atoms with Crippen molar-refractivity contribution in [1.29, 1.82) is 0 Å². The molecule has 292 valence electrons. The van der Waals surface area contributed by atoms with Crippen LogP contribution in [0.2, 0.25) is 0 Å². The molecule has 0 spiro atoms. The Labute approximate surface area is 364 Å². The van der Waals surface area contributed by atoms with Gasteiger partial charge in [0, 0.05) is 52.7 Å². The number of fused-ring (bicyclic) bond motifs is 16. The van der Waals surface area contributed by atoms with Gasteiger partial charge in [0.1, 0.15) is 11.1 Å². The molecule has 0 fully saturated rings. The van der Waals surface area contributed by atoms with Gasteiger partial charge in [-0.3, -0.25) is 4.57 Å². The van der Waals surface area contributed by atoms with E-state index in [1.807, 2.05) is 11.3 Å². The SMILES string of the molecule is c1ccc(-c2cccc(-c3nc(-n4c5ccccc5c5c6ccccc6c6c7ccc(-c8ccc9sc%10ccccc%10c9c8)cc7oc6c54)nc4ccc5ccccc5c34)c2)cc1. The minimum Gasteiger partial charge on any atom is -0.454 e. The summed E-state index contributed by atoms with van der Waals surface area (Å²) in [4.78, 5) is 11.1. The summed E-state index contributed by atoms with van der Waals surface area (Å²) in [5, 5.41) is 12.6. The Balaban J connectivity index is 1.07. The van der Waals surface area contributed by atoms with Crippen molar-refractivity contribution in [3.8, 4) is 39.5 Å². The molecule has 0 aliphatic carbocycles. The predicted molar refractivity (Wildman–Crippen MR) is 265 cm³/mol. The van der Waals surface area contributed by atoms with E-state index in [9.17, 15) is 0 Å². The van der Waals surface area contributed by atoms with Crippen LogP contribution in [0.5, 0.6) is 0 Å². The van der Waals surface area contributed by atoms with Gasteiger partial charge >= 0.3 is 0 Å². The van der Waals surface area contributed by atoms with Crippen molar-refractivity contribution in [3.63, 3.8) is 0 Å². The molecule has 0 N–H and O–H groups in total. The first-order valence-corrected chi connectivity index (χ1v) is 22.1. The molecule has 14 aromatic rings. The van der Waals surface area contributed by atoms with Gasteiger partial charge in [0.15, 0.2) is 5.58 Å². The third-order valence-corrected chi connectivity index (χ3v) is 14.1. The summed E-state index contributed by atoms with van der Waals surface area (Å²) in [6.45, 7) is 0. The molecule has 0 saturated carbocycles. The summed E-state index contributed by atoms with van der Waals surface area (Å²) in [5.74, 6) is 0.595. The second kappa shape index (κ2) is 13.2. The average Bonchev–Trinajstić information content (AvgIpc) is 4.04. The number of nitrogens with zero attached hydrogens (tertiary/aromatic N) is 3. The Morgan fingerprint density at radius 3 is 1.95 bits per heavy atom. The van der Waals surface area contributed by atoms with E-state index in [-0.39, 0.29) is 0 Å². The van der Waals surface area contributed by atoms with Crippen LogP contribution in [0.3, 0.4) is 0 Å². The molecule has 0 amide bonds. The van der Waals surface area contributed by atoms with Gasteiger partial charge < -0.3 is 4.42 Å². The van der Waals surface area contributed by atoms with Crippen LogP contribution in [0.15, 0.2) is 205 Å². The molecule has 0 saturated heterocycles. The Morgan fingerprint density at radius 1 is 0.397 bits per heavy atom. The van der Waals surface area contributed by atoms with Crippen LogP contribution in [-0.2, 0) is 0 Å². The van der Waals surface area contributed by atoms with E-state index in [0.717, 1.165) is 98.8 Å². The molecule has 63 heavy (non-hydrogen) atoms. The smallest absolute Gasteiger partial charge is 0.235 e. The van der Waals surface area contributed by atoms with E-state index in [1.165, 1.54) is 31.1 Å². The fourth-order valence-corrected chi connectivity index (χ4v) is 11.2. The third kappa shape index (κ3) is 5.08. The molecular weight excluding hydrogens is 787 g/mol. The van der Waals surface area contributed by atoms with Crippen LogP contribution in [0.25, 0.3) is 136 Å². The maximum atomic E-state index is 7.22. The molecule has 0 atom stereocenters. The average molecular weight is 820 g/mol. The number of para-hydroxylation sites is 1. The second-order valence-corrected chi connectivity index (χ2v) is 17.5. The van der Waals surface area contributed by atoms with Crippen molar-refractivity contribution in [3.05, 3.63) is 200 Å². The quantitative estimate of drug-likeness (QED) is 0.166. The highest BCUT2D eigenvalue weighted by atomic mass is 32.1. The van der Waals surface area contributed by atoms with Crippen LogP contribution >= 0.6 is 11.3 Å². The molecular formula is C58H33N3OS. The topological polar surface area (TPSA) is 43.9 Å². The molecule has 0 bridgehead atoms. The van der Waals surface area contributed by atoms with E-state index < -0.39 is 0 Å². The van der Waals surface area contributed by atoms with Crippen LogP contribution in [-0.4, -0.2) is 14.5 Å². The Morgan fingerprint density at radius 2 is 1.06 bits per heavy atom. The van der Waals surface area contributed by atoms with Crippen LogP contribution in [0, 0.1) is 0 Å². The van der Waals surface area contributed by atoms with Gasteiger partial charge in [-0.2, -0.15) is 0 Å². The molecule has 4 aromatic heterocycles. The van der Waals surface area contributed by atoms with Gasteiger partial charge in [-0.1, -0.05) is 152 Å². The normalized spacial score (nSPS) is 12.1. The second-order valence-electron chi connectivity index (χ2n) is 16.4. The Kier molecular flexibility index (Phi) is 7.24. The number of furan rings is 1. The first-order valence-electron chi connectivity index (χ1n) is 21.3. The molecule has 0 radical (unpaired) electrons. The Hall–Kier alpha value is -8.12. The largest absolute Gasteiger partial charge is 0.454 e. The number of hydrogen-bond acceptors (Lipinski definition) is 4. The lowest BCUT2D eigenvalue weighted by Crippen LogP contribution is -2.04. The van der Waals surface area contributed by atoms with Gasteiger partial charge in [0.2, 0.25) is 5.95 Å². The first-order chi connectivity index (χ1) is 31.2. The van der Waals surface area contributed by atoms with Crippen LogP contribution in [0.1, 0.15) is 0 Å². The molecule has 14 rings (SSSR count). The van der Waals surface area contributed by atoms with E-state index >= 15 is 0 Å². The number of aromatic nitrogens is 3. The van der Waals surface area contributed by atoms with Crippen molar-refractivity contribution >= 4 is 108 Å². The minimum atomic E-state index is 0.595. The van der Waals surface area contributed by atoms with E-state index in [2.05, 4.69) is 205 Å². The zero-order valence-electron chi connectivity index (χ0n) is 33.7. The van der Waals surface area contributed by atoms with Gasteiger partial charge in [-0.05, 0) is 92.3 Å². The van der Waals surface area contributed by atoms with E-state index in [1.54, 1.807) is 0 Å². The number of benzene rings is 10. The molecule has 4 heterocycles. The monoisotopic (exact) mass is 819 g/mol. The molecule has 10 aromatic carbocycles. The van der Waals surface area contributed by atoms with Crippen molar-refractivity contribution in [2.24, 2.45) is 0 Å². The maximum absolute atomic E-state index is 7.22. The van der Waals surface area contributed by atoms with Gasteiger partial charge in [-0.15, -0.1) is 11.3 Å². The zero-order valence-corrected chi connectivity index (χ0v) is 34.5. The summed E-state index contributed by atoms with van der Waals surface area (Å²) in [5.41, 5.74) is 11.0. The first kappa shape index (κ1) is 34.6. The number of hydrogen-bond donors (Lipinski definition) is 0. The lowest BCUT2D eigenvalue weighted by Gasteiger charge is -2.14. The van der Waals surface area contributed by atoms with Crippen LogP contribution < -0.4 is 0 Å². The number of rotatable bonds is 4. The van der Waals surface area contributed by atoms with Gasteiger partial charge in [-0.25, -0.2) is 9.97 Å². The molecule has 4 nitrogen and oxygen atoms in total.